The summed E-state index contributed by atoms with van der Waals surface area (Å²) < 4.78 is 15.7. The Bertz CT molecular complexity index is 721. The molecule has 0 atom stereocenters. The molecule has 0 bridgehead atoms. The molecule has 0 aliphatic heterocycles. The lowest BCUT2D eigenvalue weighted by Gasteiger charge is -2.22. The summed E-state index contributed by atoms with van der Waals surface area (Å²) in [5.74, 6) is 0.737. The van der Waals surface area contributed by atoms with Gasteiger partial charge in [-0.2, -0.15) is 0 Å². The Morgan fingerprint density at radius 1 is 1.00 bits per heavy atom. The number of rotatable bonds is 10. The van der Waals surface area contributed by atoms with Crippen molar-refractivity contribution in [2.75, 3.05) is 26.9 Å². The van der Waals surface area contributed by atoms with Crippen LogP contribution in [0, 0.1) is 0 Å². The van der Waals surface area contributed by atoms with Gasteiger partial charge in [-0.05, 0) is 34.9 Å². The largest absolute Gasteiger partial charge is 0.497 e. The van der Waals surface area contributed by atoms with E-state index in [0.29, 0.717) is 6.54 Å². The van der Waals surface area contributed by atoms with Gasteiger partial charge in [-0.15, -0.1) is 0 Å². The monoisotopic (exact) mass is 391 g/mol. The number of carbonyl (C=O) groups is 2. The topological polar surface area (TPSA) is 65.1 Å². The third-order valence-corrected chi connectivity index (χ3v) is 3.83. The Morgan fingerprint density at radius 2 is 1.70 bits per heavy atom. The van der Waals surface area contributed by atoms with Crippen molar-refractivity contribution in [3.05, 3.63) is 65.7 Å². The number of methoxy groups -OCH3 is 1. The molecule has 6 nitrogen and oxygen atoms in total. The van der Waals surface area contributed by atoms with Crippen molar-refractivity contribution >= 4 is 22.9 Å². The molecule has 1 amide bonds. The highest BCUT2D eigenvalue weighted by Crippen LogP contribution is 2.14. The molecule has 0 aliphatic rings. The highest BCUT2D eigenvalue weighted by Gasteiger charge is 2.16. The fourth-order valence-electron chi connectivity index (χ4n) is 2.32. The SMILES string of the molecule is COc1ccc(CN(CCOCC(=O)Cl)C(=O)OCc2ccccc2)cc1. The van der Waals surface area contributed by atoms with Crippen LogP contribution in [0.1, 0.15) is 11.1 Å². The minimum atomic E-state index is -0.580. The summed E-state index contributed by atoms with van der Waals surface area (Å²) in [4.78, 5) is 24.8. The van der Waals surface area contributed by atoms with Crippen LogP contribution in [-0.4, -0.2) is 43.1 Å². The number of hydrogen-bond acceptors (Lipinski definition) is 5. The molecule has 0 N–H and O–H groups in total. The molecule has 0 saturated carbocycles. The standard InChI is InChI=1S/C20H22ClNO5/c1-25-18-9-7-16(8-10-18)13-22(11-12-26-15-19(21)23)20(24)27-14-17-5-3-2-4-6-17/h2-10H,11-15H2,1H3. The maximum Gasteiger partial charge on any atom is 0.410 e. The second-order valence-electron chi connectivity index (χ2n) is 5.72. The minimum absolute atomic E-state index is 0.176. The maximum atomic E-state index is 12.5. The highest BCUT2D eigenvalue weighted by atomic mass is 35.5. The van der Waals surface area contributed by atoms with E-state index < -0.39 is 11.3 Å². The van der Waals surface area contributed by atoms with Crippen molar-refractivity contribution < 1.29 is 23.8 Å². The van der Waals surface area contributed by atoms with Crippen LogP contribution in [0.4, 0.5) is 4.79 Å². The van der Waals surface area contributed by atoms with E-state index in [1.807, 2.05) is 54.6 Å². The summed E-state index contributed by atoms with van der Waals surface area (Å²) in [7, 11) is 1.60. The number of ether oxygens (including phenoxy) is 3. The Morgan fingerprint density at radius 3 is 2.33 bits per heavy atom. The summed E-state index contributed by atoms with van der Waals surface area (Å²) in [5, 5.41) is -0.580. The molecule has 0 aromatic heterocycles. The van der Waals surface area contributed by atoms with Crippen LogP contribution >= 0.6 is 11.6 Å². The van der Waals surface area contributed by atoms with Crippen LogP contribution in [0.3, 0.4) is 0 Å². The molecular weight excluding hydrogens is 370 g/mol. The molecule has 0 radical (unpaired) electrons. The second kappa shape index (κ2) is 11.2. The number of halogens is 1. The van der Waals surface area contributed by atoms with Gasteiger partial charge >= 0.3 is 6.09 Å². The van der Waals surface area contributed by atoms with E-state index in [4.69, 9.17) is 25.8 Å². The zero-order valence-corrected chi connectivity index (χ0v) is 15.9. The van der Waals surface area contributed by atoms with E-state index >= 15 is 0 Å². The first-order valence-corrected chi connectivity index (χ1v) is 8.81. The molecule has 0 saturated heterocycles. The van der Waals surface area contributed by atoms with Gasteiger partial charge in [0.15, 0.2) is 0 Å². The van der Waals surface area contributed by atoms with Gasteiger partial charge in [0.25, 0.3) is 0 Å². The van der Waals surface area contributed by atoms with Crippen LogP contribution in [-0.2, 0) is 27.4 Å². The van der Waals surface area contributed by atoms with Crippen LogP contribution in [0.25, 0.3) is 0 Å². The minimum Gasteiger partial charge on any atom is -0.497 e. The molecule has 0 heterocycles. The molecule has 144 valence electrons. The maximum absolute atomic E-state index is 12.5. The number of hydrogen-bond donors (Lipinski definition) is 0. The first-order chi connectivity index (χ1) is 13.1. The average molecular weight is 392 g/mol. The first kappa shape index (κ1) is 20.7. The van der Waals surface area contributed by atoms with E-state index in [1.54, 1.807) is 7.11 Å². The summed E-state index contributed by atoms with van der Waals surface area (Å²) in [5.41, 5.74) is 1.82. The van der Waals surface area contributed by atoms with Crippen molar-refractivity contribution in [3.8, 4) is 5.75 Å². The first-order valence-electron chi connectivity index (χ1n) is 8.43. The number of carbonyl (C=O) groups excluding carboxylic acids is 2. The Labute approximate surface area is 163 Å². The molecule has 2 aromatic carbocycles. The predicted octanol–water partition coefficient (Wildman–Crippen LogP) is 3.62. The van der Waals surface area contributed by atoms with Gasteiger partial charge in [0.1, 0.15) is 19.0 Å². The number of nitrogens with zero attached hydrogens (tertiary/aromatic N) is 1. The van der Waals surface area contributed by atoms with E-state index in [9.17, 15) is 9.59 Å². The second-order valence-corrected chi connectivity index (χ2v) is 6.14. The molecule has 2 aromatic rings. The normalized spacial score (nSPS) is 10.3. The zero-order chi connectivity index (χ0) is 19.5. The summed E-state index contributed by atoms with van der Waals surface area (Å²) in [6.07, 6.45) is -0.463. The third-order valence-electron chi connectivity index (χ3n) is 3.72. The van der Waals surface area contributed by atoms with Crippen LogP contribution in [0.15, 0.2) is 54.6 Å². The molecule has 27 heavy (non-hydrogen) atoms. The number of benzene rings is 2. The third kappa shape index (κ3) is 7.68. The van der Waals surface area contributed by atoms with Gasteiger partial charge in [-0.1, -0.05) is 42.5 Å². The molecule has 2 rings (SSSR count). The van der Waals surface area contributed by atoms with E-state index in [1.165, 1.54) is 4.90 Å². The molecule has 0 spiro atoms. The fraction of sp³-hybridized carbons (Fsp3) is 0.300. The Balaban J connectivity index is 1.95. The van der Waals surface area contributed by atoms with Gasteiger partial charge in [0, 0.05) is 13.1 Å². The highest BCUT2D eigenvalue weighted by molar-refractivity contribution is 6.63. The summed E-state index contributed by atoms with van der Waals surface area (Å²) in [6.45, 7) is 0.769. The van der Waals surface area contributed by atoms with Crippen molar-refractivity contribution in [1.82, 2.24) is 4.90 Å². The van der Waals surface area contributed by atoms with Crippen LogP contribution in [0.5, 0.6) is 5.75 Å². The van der Waals surface area contributed by atoms with E-state index in [-0.39, 0.29) is 26.4 Å². The number of amides is 1. The lowest BCUT2D eigenvalue weighted by molar-refractivity contribution is -0.116. The quantitative estimate of drug-likeness (QED) is 0.457. The molecule has 0 unspecified atom stereocenters. The van der Waals surface area contributed by atoms with Crippen molar-refractivity contribution in [1.29, 1.82) is 0 Å². The average Bonchev–Trinajstić information content (AvgIpc) is 2.69. The smallest absolute Gasteiger partial charge is 0.410 e. The predicted molar refractivity (Wildman–Crippen MR) is 102 cm³/mol. The molecular formula is C20H22ClNO5. The van der Waals surface area contributed by atoms with Crippen molar-refractivity contribution in [3.63, 3.8) is 0 Å². The van der Waals surface area contributed by atoms with Gasteiger partial charge in [0.05, 0.1) is 13.7 Å². The molecule has 0 fully saturated rings. The zero-order valence-electron chi connectivity index (χ0n) is 15.1. The lowest BCUT2D eigenvalue weighted by atomic mass is 10.2. The van der Waals surface area contributed by atoms with Gasteiger partial charge in [-0.25, -0.2) is 4.79 Å². The van der Waals surface area contributed by atoms with Crippen LogP contribution < -0.4 is 4.74 Å². The van der Waals surface area contributed by atoms with E-state index in [2.05, 4.69) is 0 Å². The molecule has 7 heteroatoms. The van der Waals surface area contributed by atoms with Crippen molar-refractivity contribution in [2.45, 2.75) is 13.2 Å². The summed E-state index contributed by atoms with van der Waals surface area (Å²) in [6, 6.07) is 16.8. The lowest BCUT2D eigenvalue weighted by Crippen LogP contribution is -2.34. The van der Waals surface area contributed by atoms with Gasteiger partial charge in [0.2, 0.25) is 5.24 Å². The van der Waals surface area contributed by atoms with Crippen molar-refractivity contribution in [2.24, 2.45) is 0 Å². The Kier molecular flexibility index (Phi) is 8.61. The van der Waals surface area contributed by atoms with Crippen LogP contribution in [0.2, 0.25) is 0 Å². The molecule has 0 aliphatic carbocycles. The van der Waals surface area contributed by atoms with Gasteiger partial charge in [-0.3, -0.25) is 4.79 Å². The summed E-state index contributed by atoms with van der Waals surface area (Å²) >= 11 is 5.25. The Hall–Kier alpha value is -2.57. The fourth-order valence-corrected chi connectivity index (χ4v) is 2.40. The van der Waals surface area contributed by atoms with E-state index in [0.717, 1.165) is 16.9 Å². The van der Waals surface area contributed by atoms with Gasteiger partial charge < -0.3 is 19.1 Å².